The van der Waals surface area contributed by atoms with Crippen LogP contribution in [0.2, 0.25) is 0 Å². The third-order valence-electron chi connectivity index (χ3n) is 3.14. The molecule has 1 amide bonds. The number of nitrogens with two attached hydrogens (primary N) is 1. The minimum absolute atomic E-state index is 0.0498. The van der Waals surface area contributed by atoms with Gasteiger partial charge in [0.15, 0.2) is 0 Å². The molecule has 16 heavy (non-hydrogen) atoms. The number of piperidine rings is 1. The zero-order chi connectivity index (χ0) is 11.5. The van der Waals surface area contributed by atoms with E-state index in [0.29, 0.717) is 19.5 Å². The van der Waals surface area contributed by atoms with E-state index in [2.05, 4.69) is 5.32 Å². The Morgan fingerprint density at radius 1 is 1.38 bits per heavy atom. The zero-order valence-electron chi connectivity index (χ0n) is 8.95. The topological polar surface area (TPSA) is 55.1 Å². The Hall–Kier alpha value is -1.42. The molecule has 3 N–H and O–H groups in total. The van der Waals surface area contributed by atoms with Gasteiger partial charge in [-0.1, -0.05) is 12.1 Å². The zero-order valence-corrected chi connectivity index (χ0v) is 8.95. The Morgan fingerprint density at radius 2 is 2.06 bits per heavy atom. The summed E-state index contributed by atoms with van der Waals surface area (Å²) in [6, 6.07) is 6.42. The molecule has 1 aliphatic heterocycles. The second-order valence-electron chi connectivity index (χ2n) is 4.16. The summed E-state index contributed by atoms with van der Waals surface area (Å²) < 4.78 is 12.8. The van der Waals surface area contributed by atoms with Crippen LogP contribution in [0.15, 0.2) is 24.3 Å². The van der Waals surface area contributed by atoms with Gasteiger partial charge >= 0.3 is 0 Å². The number of benzene rings is 1. The van der Waals surface area contributed by atoms with E-state index in [-0.39, 0.29) is 23.6 Å². The fourth-order valence-electron chi connectivity index (χ4n) is 2.19. The molecule has 1 fully saturated rings. The van der Waals surface area contributed by atoms with E-state index in [4.69, 9.17) is 5.73 Å². The number of amides is 1. The first kappa shape index (κ1) is 11.1. The second kappa shape index (κ2) is 4.61. The fourth-order valence-corrected chi connectivity index (χ4v) is 2.19. The van der Waals surface area contributed by atoms with E-state index >= 15 is 0 Å². The predicted octanol–water partition coefficient (Wildman–Crippen LogP) is 1.00. The summed E-state index contributed by atoms with van der Waals surface area (Å²) in [5, 5.41) is 2.82. The third-order valence-corrected chi connectivity index (χ3v) is 3.14. The Kier molecular flexibility index (Phi) is 3.19. The van der Waals surface area contributed by atoms with Gasteiger partial charge in [0.2, 0.25) is 5.91 Å². The molecule has 2 atom stereocenters. The van der Waals surface area contributed by atoms with Crippen LogP contribution < -0.4 is 11.1 Å². The van der Waals surface area contributed by atoms with Gasteiger partial charge in [-0.25, -0.2) is 4.39 Å². The van der Waals surface area contributed by atoms with Crippen LogP contribution in [0.1, 0.15) is 17.9 Å². The highest BCUT2D eigenvalue weighted by atomic mass is 19.1. The maximum atomic E-state index is 12.8. The lowest BCUT2D eigenvalue weighted by atomic mass is 9.81. The van der Waals surface area contributed by atoms with Gasteiger partial charge < -0.3 is 11.1 Å². The monoisotopic (exact) mass is 222 g/mol. The lowest BCUT2D eigenvalue weighted by Gasteiger charge is -2.31. The van der Waals surface area contributed by atoms with Crippen LogP contribution in [0.5, 0.6) is 0 Å². The molecular formula is C12H15FN2O. The van der Waals surface area contributed by atoms with E-state index in [0.717, 1.165) is 5.56 Å². The Balaban J connectivity index is 2.18. The average Bonchev–Trinajstić information content (AvgIpc) is 2.30. The van der Waals surface area contributed by atoms with Crippen molar-refractivity contribution in [2.75, 3.05) is 13.1 Å². The van der Waals surface area contributed by atoms with Gasteiger partial charge in [-0.3, -0.25) is 4.79 Å². The van der Waals surface area contributed by atoms with Gasteiger partial charge in [0.25, 0.3) is 0 Å². The van der Waals surface area contributed by atoms with E-state index in [9.17, 15) is 9.18 Å². The number of nitrogens with one attached hydrogen (secondary N) is 1. The van der Waals surface area contributed by atoms with Crippen LogP contribution in [0, 0.1) is 11.7 Å². The van der Waals surface area contributed by atoms with Gasteiger partial charge in [-0.15, -0.1) is 0 Å². The largest absolute Gasteiger partial charge is 0.355 e. The minimum atomic E-state index is -0.243. The molecule has 1 aliphatic rings. The molecule has 0 aromatic heterocycles. The van der Waals surface area contributed by atoms with Crippen molar-refractivity contribution in [2.45, 2.75) is 12.3 Å². The van der Waals surface area contributed by atoms with Crippen molar-refractivity contribution >= 4 is 5.91 Å². The van der Waals surface area contributed by atoms with E-state index < -0.39 is 0 Å². The van der Waals surface area contributed by atoms with E-state index in [1.807, 2.05) is 0 Å². The van der Waals surface area contributed by atoms with Crippen LogP contribution in [0.3, 0.4) is 0 Å². The Labute approximate surface area is 93.8 Å². The van der Waals surface area contributed by atoms with Gasteiger partial charge in [-0.05, 0) is 30.2 Å². The Morgan fingerprint density at radius 3 is 2.69 bits per heavy atom. The van der Waals surface area contributed by atoms with Crippen molar-refractivity contribution < 1.29 is 9.18 Å². The number of hydrogen-bond donors (Lipinski definition) is 2. The van der Waals surface area contributed by atoms with Crippen LogP contribution >= 0.6 is 0 Å². The van der Waals surface area contributed by atoms with Crippen LogP contribution in [-0.2, 0) is 4.79 Å². The second-order valence-corrected chi connectivity index (χ2v) is 4.16. The summed E-state index contributed by atoms with van der Waals surface area (Å²) in [4.78, 5) is 11.2. The van der Waals surface area contributed by atoms with Crippen LogP contribution in [-0.4, -0.2) is 19.0 Å². The van der Waals surface area contributed by atoms with Gasteiger partial charge in [0.1, 0.15) is 5.82 Å². The molecule has 1 saturated heterocycles. The number of hydrogen-bond acceptors (Lipinski definition) is 2. The smallest absolute Gasteiger partial charge is 0.220 e. The summed E-state index contributed by atoms with van der Waals surface area (Å²) in [6.07, 6.45) is 0.457. The SMILES string of the molecule is NCC1CC(=O)NCC1c1ccc(F)cc1. The normalized spacial score (nSPS) is 25.2. The van der Waals surface area contributed by atoms with E-state index in [1.165, 1.54) is 12.1 Å². The molecule has 0 radical (unpaired) electrons. The van der Waals surface area contributed by atoms with Crippen molar-refractivity contribution in [3.63, 3.8) is 0 Å². The summed E-state index contributed by atoms with van der Waals surface area (Å²) in [5.41, 5.74) is 6.71. The number of carbonyl (C=O) groups excluding carboxylic acids is 1. The minimum Gasteiger partial charge on any atom is -0.355 e. The molecule has 1 aromatic rings. The number of rotatable bonds is 2. The highest BCUT2D eigenvalue weighted by molar-refractivity contribution is 5.77. The fraction of sp³-hybridized carbons (Fsp3) is 0.417. The molecule has 2 unspecified atom stereocenters. The molecule has 0 saturated carbocycles. The summed E-state index contributed by atoms with van der Waals surface area (Å²) in [7, 11) is 0. The molecular weight excluding hydrogens is 207 g/mol. The van der Waals surface area contributed by atoms with Crippen molar-refractivity contribution in [3.05, 3.63) is 35.6 Å². The molecule has 86 valence electrons. The van der Waals surface area contributed by atoms with Gasteiger partial charge in [0, 0.05) is 18.9 Å². The quantitative estimate of drug-likeness (QED) is 0.784. The summed E-state index contributed by atoms with van der Waals surface area (Å²) in [6.45, 7) is 1.07. The average molecular weight is 222 g/mol. The standard InChI is InChI=1S/C12H15FN2O/c13-10-3-1-8(2-4-10)11-7-15-12(16)5-9(11)6-14/h1-4,9,11H,5-7,14H2,(H,15,16). The lowest BCUT2D eigenvalue weighted by Crippen LogP contribution is -2.42. The first-order chi connectivity index (χ1) is 7.70. The molecule has 0 bridgehead atoms. The number of carbonyl (C=O) groups is 1. The van der Waals surface area contributed by atoms with Crippen LogP contribution in [0.4, 0.5) is 4.39 Å². The Bertz CT molecular complexity index is 377. The first-order valence-electron chi connectivity index (χ1n) is 5.43. The van der Waals surface area contributed by atoms with E-state index in [1.54, 1.807) is 12.1 Å². The van der Waals surface area contributed by atoms with Gasteiger partial charge in [-0.2, -0.15) is 0 Å². The maximum Gasteiger partial charge on any atom is 0.220 e. The third kappa shape index (κ3) is 2.22. The molecule has 1 heterocycles. The van der Waals surface area contributed by atoms with Crippen molar-refractivity contribution in [2.24, 2.45) is 11.7 Å². The molecule has 1 aromatic carbocycles. The molecule has 2 rings (SSSR count). The molecule has 0 aliphatic carbocycles. The molecule has 0 spiro atoms. The van der Waals surface area contributed by atoms with Crippen molar-refractivity contribution in [1.82, 2.24) is 5.32 Å². The maximum absolute atomic E-state index is 12.8. The summed E-state index contributed by atoms with van der Waals surface area (Å²) in [5.74, 6) is 0.157. The highest BCUT2D eigenvalue weighted by Crippen LogP contribution is 2.28. The van der Waals surface area contributed by atoms with Crippen molar-refractivity contribution in [1.29, 1.82) is 0 Å². The lowest BCUT2D eigenvalue weighted by molar-refractivity contribution is -0.123. The highest BCUT2D eigenvalue weighted by Gasteiger charge is 2.29. The van der Waals surface area contributed by atoms with Crippen LogP contribution in [0.25, 0.3) is 0 Å². The molecule has 4 heteroatoms. The summed E-state index contributed by atoms with van der Waals surface area (Å²) >= 11 is 0. The molecule has 3 nitrogen and oxygen atoms in total. The predicted molar refractivity (Wildman–Crippen MR) is 59.3 cm³/mol. The first-order valence-corrected chi connectivity index (χ1v) is 5.43. The van der Waals surface area contributed by atoms with Crippen molar-refractivity contribution in [3.8, 4) is 0 Å². The number of halogens is 1. The van der Waals surface area contributed by atoms with Gasteiger partial charge in [0.05, 0.1) is 0 Å².